The molecule has 2 aliphatic rings. The maximum absolute atomic E-state index is 12.0. The monoisotopic (exact) mass is 240 g/mol. The molecule has 5 heteroatoms. The third-order valence-electron chi connectivity index (χ3n) is 3.74. The van der Waals surface area contributed by atoms with Gasteiger partial charge in [0.1, 0.15) is 0 Å². The van der Waals surface area contributed by atoms with Gasteiger partial charge in [0, 0.05) is 32.6 Å². The van der Waals surface area contributed by atoms with Gasteiger partial charge in [-0.1, -0.05) is 0 Å². The predicted octanol–water partition coefficient (Wildman–Crippen LogP) is 1.39. The van der Waals surface area contributed by atoms with Crippen LogP contribution in [0.25, 0.3) is 0 Å². The topological polar surface area (TPSA) is 60.9 Å². The molecule has 5 nitrogen and oxygen atoms in total. The molecule has 1 aliphatic carbocycles. The standard InChI is InChI=1S/C12H20N2O3/c1-13(10-2-3-10)12(17)14-6-4-9(5-7-14)8-11(15)16/h9-10H,2-8H2,1H3,(H,15,16). The first-order valence-corrected chi connectivity index (χ1v) is 6.31. The van der Waals surface area contributed by atoms with Crippen LogP contribution in [-0.2, 0) is 4.79 Å². The lowest BCUT2D eigenvalue weighted by molar-refractivity contribution is -0.138. The van der Waals surface area contributed by atoms with E-state index in [1.807, 2.05) is 16.8 Å². The minimum atomic E-state index is -0.732. The molecule has 0 bridgehead atoms. The normalized spacial score (nSPS) is 21.4. The van der Waals surface area contributed by atoms with Crippen molar-refractivity contribution in [2.24, 2.45) is 5.92 Å². The van der Waals surface area contributed by atoms with E-state index in [4.69, 9.17) is 5.11 Å². The van der Waals surface area contributed by atoms with E-state index in [0.717, 1.165) is 25.7 Å². The summed E-state index contributed by atoms with van der Waals surface area (Å²) in [5.74, 6) is -0.493. The van der Waals surface area contributed by atoms with Gasteiger partial charge in [-0.05, 0) is 31.6 Å². The highest BCUT2D eigenvalue weighted by atomic mass is 16.4. The summed E-state index contributed by atoms with van der Waals surface area (Å²) in [7, 11) is 1.86. The van der Waals surface area contributed by atoms with Crippen molar-refractivity contribution in [3.8, 4) is 0 Å². The van der Waals surface area contributed by atoms with Crippen LogP contribution >= 0.6 is 0 Å². The zero-order valence-electron chi connectivity index (χ0n) is 10.3. The number of rotatable bonds is 3. The first-order chi connectivity index (χ1) is 8.08. The van der Waals surface area contributed by atoms with Crippen LogP contribution in [0.2, 0.25) is 0 Å². The Morgan fingerprint density at radius 2 is 1.82 bits per heavy atom. The molecule has 2 fully saturated rings. The van der Waals surface area contributed by atoms with Gasteiger partial charge < -0.3 is 14.9 Å². The lowest BCUT2D eigenvalue weighted by Crippen LogP contribution is -2.46. The number of carboxylic acids is 1. The summed E-state index contributed by atoms with van der Waals surface area (Å²) in [4.78, 5) is 26.3. The molecule has 0 aromatic heterocycles. The third kappa shape index (κ3) is 3.11. The summed E-state index contributed by atoms with van der Waals surface area (Å²) in [6.45, 7) is 1.40. The van der Waals surface area contributed by atoms with E-state index in [9.17, 15) is 9.59 Å². The van der Waals surface area contributed by atoms with Crippen LogP contribution in [0.15, 0.2) is 0 Å². The summed E-state index contributed by atoms with van der Waals surface area (Å²) in [6.07, 6.45) is 4.11. The van der Waals surface area contributed by atoms with E-state index in [-0.39, 0.29) is 18.4 Å². The van der Waals surface area contributed by atoms with Crippen molar-refractivity contribution in [2.45, 2.75) is 38.1 Å². The van der Waals surface area contributed by atoms with Gasteiger partial charge >= 0.3 is 12.0 Å². The molecule has 2 rings (SSSR count). The number of piperidine rings is 1. The van der Waals surface area contributed by atoms with Crippen molar-refractivity contribution in [2.75, 3.05) is 20.1 Å². The lowest BCUT2D eigenvalue weighted by atomic mass is 9.94. The minimum Gasteiger partial charge on any atom is -0.481 e. The second kappa shape index (κ2) is 4.94. The molecule has 1 aliphatic heterocycles. The first kappa shape index (κ1) is 12.2. The van der Waals surface area contributed by atoms with Gasteiger partial charge in [-0.15, -0.1) is 0 Å². The Morgan fingerprint density at radius 1 is 1.24 bits per heavy atom. The number of aliphatic carboxylic acids is 1. The summed E-state index contributed by atoms with van der Waals surface area (Å²) >= 11 is 0. The molecule has 17 heavy (non-hydrogen) atoms. The lowest BCUT2D eigenvalue weighted by Gasteiger charge is -2.34. The number of carbonyl (C=O) groups excluding carboxylic acids is 1. The molecule has 0 radical (unpaired) electrons. The zero-order chi connectivity index (χ0) is 12.4. The van der Waals surface area contributed by atoms with Crippen molar-refractivity contribution >= 4 is 12.0 Å². The molecule has 0 unspecified atom stereocenters. The summed E-state index contributed by atoms with van der Waals surface area (Å²) < 4.78 is 0. The SMILES string of the molecule is CN(C(=O)N1CCC(CC(=O)O)CC1)C1CC1. The Hall–Kier alpha value is -1.26. The van der Waals surface area contributed by atoms with Crippen LogP contribution in [0, 0.1) is 5.92 Å². The van der Waals surface area contributed by atoms with E-state index in [1.54, 1.807) is 0 Å². The number of hydrogen-bond donors (Lipinski definition) is 1. The van der Waals surface area contributed by atoms with E-state index in [2.05, 4.69) is 0 Å². The zero-order valence-corrected chi connectivity index (χ0v) is 10.3. The Bertz CT molecular complexity index is 307. The molecule has 0 aromatic carbocycles. The van der Waals surface area contributed by atoms with E-state index >= 15 is 0 Å². The molecule has 96 valence electrons. The highest BCUT2D eigenvalue weighted by Gasteiger charge is 2.33. The van der Waals surface area contributed by atoms with Crippen LogP contribution in [0.5, 0.6) is 0 Å². The molecule has 1 heterocycles. The molecule has 0 atom stereocenters. The highest BCUT2D eigenvalue weighted by Crippen LogP contribution is 2.28. The second-order valence-electron chi connectivity index (χ2n) is 5.15. The predicted molar refractivity (Wildman–Crippen MR) is 62.7 cm³/mol. The number of nitrogens with zero attached hydrogens (tertiary/aromatic N) is 2. The van der Waals surface area contributed by atoms with Crippen LogP contribution < -0.4 is 0 Å². The minimum absolute atomic E-state index is 0.112. The van der Waals surface area contributed by atoms with E-state index < -0.39 is 5.97 Å². The largest absolute Gasteiger partial charge is 0.481 e. The van der Waals surface area contributed by atoms with Crippen LogP contribution in [-0.4, -0.2) is 53.1 Å². The quantitative estimate of drug-likeness (QED) is 0.810. The fourth-order valence-electron chi connectivity index (χ4n) is 2.42. The molecule has 1 saturated heterocycles. The number of likely N-dealkylation sites (tertiary alicyclic amines) is 1. The molecular formula is C12H20N2O3. The maximum atomic E-state index is 12.0. The summed E-state index contributed by atoms with van der Waals surface area (Å²) in [5.41, 5.74) is 0. The van der Waals surface area contributed by atoms with Crippen molar-refractivity contribution in [1.29, 1.82) is 0 Å². The second-order valence-corrected chi connectivity index (χ2v) is 5.15. The summed E-state index contributed by atoms with van der Waals surface area (Å²) in [5, 5.41) is 8.72. The van der Waals surface area contributed by atoms with Gasteiger partial charge in [-0.25, -0.2) is 4.79 Å². The average Bonchev–Trinajstić information content (AvgIpc) is 3.11. The van der Waals surface area contributed by atoms with E-state index in [0.29, 0.717) is 19.1 Å². The molecule has 1 saturated carbocycles. The van der Waals surface area contributed by atoms with Crippen LogP contribution in [0.4, 0.5) is 4.79 Å². The average molecular weight is 240 g/mol. The van der Waals surface area contributed by atoms with Gasteiger partial charge in [0.15, 0.2) is 0 Å². The number of carboxylic acid groups (broad SMARTS) is 1. The van der Waals surface area contributed by atoms with Crippen LogP contribution in [0.1, 0.15) is 32.1 Å². The van der Waals surface area contributed by atoms with Gasteiger partial charge in [-0.2, -0.15) is 0 Å². The molecule has 1 N–H and O–H groups in total. The maximum Gasteiger partial charge on any atom is 0.319 e. The molecule has 2 amide bonds. The number of carbonyl (C=O) groups is 2. The van der Waals surface area contributed by atoms with Crippen molar-refractivity contribution in [3.63, 3.8) is 0 Å². The van der Waals surface area contributed by atoms with Gasteiger partial charge in [0.05, 0.1) is 0 Å². The van der Waals surface area contributed by atoms with Gasteiger partial charge in [0.2, 0.25) is 0 Å². The Morgan fingerprint density at radius 3 is 2.29 bits per heavy atom. The van der Waals surface area contributed by atoms with Crippen LogP contribution in [0.3, 0.4) is 0 Å². The fourth-order valence-corrected chi connectivity index (χ4v) is 2.42. The number of amides is 2. The number of urea groups is 1. The van der Waals surface area contributed by atoms with Gasteiger partial charge in [-0.3, -0.25) is 4.79 Å². The highest BCUT2D eigenvalue weighted by molar-refractivity contribution is 5.75. The van der Waals surface area contributed by atoms with E-state index in [1.165, 1.54) is 0 Å². The smallest absolute Gasteiger partial charge is 0.319 e. The molecule has 0 aromatic rings. The number of hydrogen-bond acceptors (Lipinski definition) is 2. The third-order valence-corrected chi connectivity index (χ3v) is 3.74. The Balaban J connectivity index is 1.77. The molecule has 0 spiro atoms. The van der Waals surface area contributed by atoms with Crippen molar-refractivity contribution in [3.05, 3.63) is 0 Å². The fraction of sp³-hybridized carbons (Fsp3) is 0.833. The molecular weight excluding hydrogens is 220 g/mol. The Kier molecular flexibility index (Phi) is 3.54. The van der Waals surface area contributed by atoms with Crippen molar-refractivity contribution in [1.82, 2.24) is 9.80 Å². The van der Waals surface area contributed by atoms with Crippen molar-refractivity contribution < 1.29 is 14.7 Å². The summed E-state index contributed by atoms with van der Waals surface area (Å²) in [6, 6.07) is 0.556. The first-order valence-electron chi connectivity index (χ1n) is 6.31. The van der Waals surface area contributed by atoms with Gasteiger partial charge in [0.25, 0.3) is 0 Å². The Labute approximate surface area is 101 Å².